The summed E-state index contributed by atoms with van der Waals surface area (Å²) in [6, 6.07) is 5.50. The normalized spacial score (nSPS) is 11.9. The number of carbonyl (C=O) groups excluding carboxylic acids is 1. The van der Waals surface area contributed by atoms with Gasteiger partial charge in [0.1, 0.15) is 22.7 Å². The fraction of sp³-hybridized carbons (Fsp3) is 0.440. The molecule has 3 aromatic rings. The third kappa shape index (κ3) is 5.88. The van der Waals surface area contributed by atoms with Crippen LogP contribution in [0.1, 0.15) is 58.7 Å². The van der Waals surface area contributed by atoms with E-state index in [1.54, 1.807) is 10.8 Å². The summed E-state index contributed by atoms with van der Waals surface area (Å²) in [4.78, 5) is 32.7. The van der Waals surface area contributed by atoms with E-state index in [9.17, 15) is 9.59 Å². The molecule has 0 aliphatic carbocycles. The van der Waals surface area contributed by atoms with Crippen LogP contribution in [0.4, 0.5) is 0 Å². The lowest BCUT2D eigenvalue weighted by Gasteiger charge is -2.17. The lowest BCUT2D eigenvalue weighted by Crippen LogP contribution is -2.22. The third-order valence-corrected chi connectivity index (χ3v) is 4.74. The number of aromatic nitrogens is 4. The number of fused-ring (bicyclic) bond motifs is 1. The predicted molar refractivity (Wildman–Crippen MR) is 129 cm³/mol. The number of benzene rings is 1. The van der Waals surface area contributed by atoms with E-state index in [0.29, 0.717) is 47.0 Å². The summed E-state index contributed by atoms with van der Waals surface area (Å²) in [5.74, 6) is 0.569. The van der Waals surface area contributed by atoms with Crippen molar-refractivity contribution < 1.29 is 14.3 Å². The Labute approximate surface area is 193 Å². The number of nitrogens with zero attached hydrogens (tertiary/aromatic N) is 3. The zero-order valence-electron chi connectivity index (χ0n) is 20.2. The van der Waals surface area contributed by atoms with E-state index < -0.39 is 11.6 Å². The summed E-state index contributed by atoms with van der Waals surface area (Å²) in [7, 11) is 0. The molecule has 0 fully saturated rings. The van der Waals surface area contributed by atoms with Crippen molar-refractivity contribution in [1.82, 2.24) is 19.7 Å². The van der Waals surface area contributed by atoms with Gasteiger partial charge in [0, 0.05) is 12.6 Å². The summed E-state index contributed by atoms with van der Waals surface area (Å²) in [5.41, 5.74) is 2.30. The minimum Gasteiger partial charge on any atom is -0.493 e. The molecular formula is C25H32N4O4. The Hall–Kier alpha value is -3.42. The summed E-state index contributed by atoms with van der Waals surface area (Å²) in [6.07, 6.45) is 4.75. The van der Waals surface area contributed by atoms with Crippen LogP contribution in [0.25, 0.3) is 28.5 Å². The molecule has 0 atom stereocenters. The van der Waals surface area contributed by atoms with Crippen molar-refractivity contribution in [2.24, 2.45) is 0 Å². The maximum Gasteiger partial charge on any atom is 0.331 e. The molecule has 8 heteroatoms. The Balaban J connectivity index is 2.07. The predicted octanol–water partition coefficient (Wildman–Crippen LogP) is 4.65. The molecule has 0 spiro atoms. The van der Waals surface area contributed by atoms with Gasteiger partial charge in [0.05, 0.1) is 17.9 Å². The molecule has 8 nitrogen and oxygen atoms in total. The smallest absolute Gasteiger partial charge is 0.331 e. The molecule has 0 saturated carbocycles. The highest BCUT2D eigenvalue weighted by atomic mass is 16.6. The first-order valence-corrected chi connectivity index (χ1v) is 11.3. The van der Waals surface area contributed by atoms with E-state index in [0.717, 1.165) is 18.4 Å². The average molecular weight is 453 g/mol. The average Bonchev–Trinajstić information content (AvgIpc) is 3.06. The van der Waals surface area contributed by atoms with Crippen molar-refractivity contribution in [1.29, 1.82) is 0 Å². The lowest BCUT2D eigenvalue weighted by atomic mass is 10.1. The summed E-state index contributed by atoms with van der Waals surface area (Å²) >= 11 is 0. The molecular weight excluding hydrogens is 420 g/mol. The van der Waals surface area contributed by atoms with Crippen molar-refractivity contribution >= 4 is 23.1 Å². The van der Waals surface area contributed by atoms with Gasteiger partial charge in [0.2, 0.25) is 0 Å². The summed E-state index contributed by atoms with van der Waals surface area (Å²) in [5, 5.41) is 4.48. The molecule has 0 aliphatic heterocycles. The summed E-state index contributed by atoms with van der Waals surface area (Å²) in [6.45, 7) is 12.5. The highest BCUT2D eigenvalue weighted by Gasteiger charge is 2.18. The first-order valence-electron chi connectivity index (χ1n) is 11.3. The van der Waals surface area contributed by atoms with E-state index in [1.807, 2.05) is 59.7 Å². The van der Waals surface area contributed by atoms with Gasteiger partial charge in [0.25, 0.3) is 5.56 Å². The molecule has 0 unspecified atom stereocenters. The first-order chi connectivity index (χ1) is 15.6. The third-order valence-electron chi connectivity index (χ3n) is 4.74. The van der Waals surface area contributed by atoms with Crippen molar-refractivity contribution in [2.45, 2.75) is 66.5 Å². The van der Waals surface area contributed by atoms with E-state index in [4.69, 9.17) is 14.5 Å². The number of esters is 1. The van der Waals surface area contributed by atoms with E-state index in [1.165, 1.54) is 6.08 Å². The number of rotatable bonds is 8. The first kappa shape index (κ1) is 24.2. The fourth-order valence-electron chi connectivity index (χ4n) is 3.41. The number of hydrogen-bond acceptors (Lipinski definition) is 6. The van der Waals surface area contributed by atoms with Gasteiger partial charge in [-0.25, -0.2) is 9.78 Å². The number of aromatic amines is 1. The molecule has 2 aromatic heterocycles. The van der Waals surface area contributed by atoms with Crippen molar-refractivity contribution in [2.75, 3.05) is 6.61 Å². The number of carbonyl (C=O) groups is 1. The molecule has 0 bridgehead atoms. The van der Waals surface area contributed by atoms with Gasteiger partial charge < -0.3 is 14.5 Å². The fourth-order valence-corrected chi connectivity index (χ4v) is 3.41. The van der Waals surface area contributed by atoms with E-state index >= 15 is 0 Å². The van der Waals surface area contributed by atoms with Gasteiger partial charge in [-0.05, 0) is 64.3 Å². The topological polar surface area (TPSA) is 99.1 Å². The molecule has 0 saturated heterocycles. The highest BCUT2D eigenvalue weighted by Crippen LogP contribution is 2.30. The van der Waals surface area contributed by atoms with Crippen LogP contribution in [0.15, 0.2) is 29.1 Å². The summed E-state index contributed by atoms with van der Waals surface area (Å²) < 4.78 is 12.9. The maximum absolute atomic E-state index is 13.0. The lowest BCUT2D eigenvalue weighted by molar-refractivity contribution is -0.148. The Morgan fingerprint density at radius 1 is 1.21 bits per heavy atom. The standard InChI is InChI=1S/C25H32N4O4/c1-7-13-29-22-21(16(3)28-29)26-23(27-24(22)31)18-15-17(9-11-19(18)32-14-8-2)10-12-20(30)33-25(4,5)6/h9-12,15H,7-8,13-14H2,1-6H3,(H,26,27,31)/b12-10+. The highest BCUT2D eigenvalue weighted by molar-refractivity contribution is 5.88. The Morgan fingerprint density at radius 2 is 1.97 bits per heavy atom. The van der Waals surface area contributed by atoms with Crippen LogP contribution in [0.5, 0.6) is 5.75 Å². The quantitative estimate of drug-likeness (QED) is 0.395. The molecule has 2 heterocycles. The van der Waals surface area contributed by atoms with Gasteiger partial charge in [-0.15, -0.1) is 0 Å². The van der Waals surface area contributed by atoms with Crippen LogP contribution in [-0.4, -0.2) is 37.9 Å². The zero-order valence-corrected chi connectivity index (χ0v) is 20.2. The van der Waals surface area contributed by atoms with Crippen LogP contribution in [0.2, 0.25) is 0 Å². The number of hydrogen-bond donors (Lipinski definition) is 1. The zero-order chi connectivity index (χ0) is 24.2. The molecule has 1 N–H and O–H groups in total. The van der Waals surface area contributed by atoms with E-state index in [-0.39, 0.29) is 5.56 Å². The molecule has 176 valence electrons. The van der Waals surface area contributed by atoms with Crippen molar-refractivity contribution in [3.05, 3.63) is 45.9 Å². The number of nitrogens with one attached hydrogen (secondary N) is 1. The second kappa shape index (κ2) is 10.0. The van der Waals surface area contributed by atoms with Gasteiger partial charge in [-0.3, -0.25) is 9.48 Å². The van der Waals surface area contributed by atoms with Crippen LogP contribution in [0, 0.1) is 6.92 Å². The Morgan fingerprint density at radius 3 is 2.64 bits per heavy atom. The van der Waals surface area contributed by atoms with Crippen LogP contribution < -0.4 is 10.3 Å². The number of H-pyrrole nitrogens is 1. The van der Waals surface area contributed by atoms with Gasteiger partial charge in [0.15, 0.2) is 5.52 Å². The molecule has 0 radical (unpaired) electrons. The van der Waals surface area contributed by atoms with Crippen LogP contribution in [-0.2, 0) is 16.1 Å². The molecule has 3 rings (SSSR count). The maximum atomic E-state index is 13.0. The van der Waals surface area contributed by atoms with E-state index in [2.05, 4.69) is 10.1 Å². The number of aryl methyl sites for hydroxylation is 2. The van der Waals surface area contributed by atoms with Crippen molar-refractivity contribution in [3.63, 3.8) is 0 Å². The molecule has 33 heavy (non-hydrogen) atoms. The minimum atomic E-state index is -0.566. The number of ether oxygens (including phenoxy) is 2. The second-order valence-electron chi connectivity index (χ2n) is 8.89. The monoisotopic (exact) mass is 452 g/mol. The molecule has 0 aliphatic rings. The Kier molecular flexibility index (Phi) is 7.36. The largest absolute Gasteiger partial charge is 0.493 e. The van der Waals surface area contributed by atoms with Crippen LogP contribution >= 0.6 is 0 Å². The Bertz CT molecular complexity index is 1230. The van der Waals surface area contributed by atoms with Crippen molar-refractivity contribution in [3.8, 4) is 17.1 Å². The van der Waals surface area contributed by atoms with Gasteiger partial charge in [-0.1, -0.05) is 19.9 Å². The minimum absolute atomic E-state index is 0.250. The SMILES string of the molecule is CCCOc1ccc(/C=C/C(=O)OC(C)(C)C)cc1-c1nc2c(C)nn(CCC)c2c(=O)[nH]1. The van der Waals surface area contributed by atoms with Gasteiger partial charge >= 0.3 is 5.97 Å². The van der Waals surface area contributed by atoms with Gasteiger partial charge in [-0.2, -0.15) is 5.10 Å². The second-order valence-corrected chi connectivity index (χ2v) is 8.89. The van der Waals surface area contributed by atoms with Crippen LogP contribution in [0.3, 0.4) is 0 Å². The molecule has 1 aromatic carbocycles. The molecule has 0 amide bonds.